The molecule has 1 N–H and O–H groups in total. The van der Waals surface area contributed by atoms with Gasteiger partial charge in [0, 0.05) is 14.5 Å². The first-order valence-electron chi connectivity index (χ1n) is 6.07. The molecule has 0 fully saturated rings. The number of hydrogen-bond donors (Lipinski definition) is 1. The van der Waals surface area contributed by atoms with Gasteiger partial charge < -0.3 is 10.1 Å². The number of hydrogen-bond acceptors (Lipinski definition) is 2. The molecule has 0 aliphatic carbocycles. The van der Waals surface area contributed by atoms with Gasteiger partial charge in [-0.3, -0.25) is 4.79 Å². The zero-order valence-corrected chi connectivity index (χ0v) is 13.8. The van der Waals surface area contributed by atoms with Crippen molar-refractivity contribution in [1.82, 2.24) is 5.32 Å². The summed E-state index contributed by atoms with van der Waals surface area (Å²) in [7, 11) is 0. The lowest BCUT2D eigenvalue weighted by Crippen LogP contribution is -2.28. The van der Waals surface area contributed by atoms with Crippen LogP contribution in [0.25, 0.3) is 0 Å². The largest absolute Gasteiger partial charge is 0.492 e. The number of amides is 1. The molecule has 0 unspecified atom stereocenters. The molecule has 0 heterocycles. The molecule has 0 atom stereocenters. The summed E-state index contributed by atoms with van der Waals surface area (Å²) in [5.41, 5.74) is 0.628. The van der Waals surface area contributed by atoms with Gasteiger partial charge in [0.25, 0.3) is 5.91 Å². The number of nitrogens with one attached hydrogen (secondary N) is 1. The molecule has 20 heavy (non-hydrogen) atoms. The molecule has 0 saturated carbocycles. The Bertz CT molecular complexity index is 585. The van der Waals surface area contributed by atoms with Crippen molar-refractivity contribution in [3.05, 3.63) is 63.0 Å². The number of rotatable bonds is 5. The molecule has 3 nitrogen and oxygen atoms in total. The van der Waals surface area contributed by atoms with E-state index in [9.17, 15) is 4.79 Å². The van der Waals surface area contributed by atoms with Crippen LogP contribution in [0.3, 0.4) is 0 Å². The average molecular weight is 399 g/mol. The van der Waals surface area contributed by atoms with Crippen LogP contribution in [0.15, 0.2) is 57.5 Å². The van der Waals surface area contributed by atoms with Gasteiger partial charge in [0.15, 0.2) is 0 Å². The summed E-state index contributed by atoms with van der Waals surface area (Å²) in [4.78, 5) is 11.9. The molecule has 5 heteroatoms. The van der Waals surface area contributed by atoms with Crippen molar-refractivity contribution in [3.63, 3.8) is 0 Å². The van der Waals surface area contributed by atoms with Crippen LogP contribution in [0.2, 0.25) is 0 Å². The lowest BCUT2D eigenvalue weighted by atomic mass is 10.2. The first kappa shape index (κ1) is 15.1. The smallest absolute Gasteiger partial charge is 0.251 e. The zero-order chi connectivity index (χ0) is 14.4. The summed E-state index contributed by atoms with van der Waals surface area (Å²) in [6.45, 7) is 0.892. The number of carbonyl (C=O) groups is 1. The highest BCUT2D eigenvalue weighted by molar-refractivity contribution is 9.10. The SMILES string of the molecule is O=C(NCCOc1ccc(Br)cc1)c1cccc(Br)c1. The van der Waals surface area contributed by atoms with Crippen molar-refractivity contribution in [2.45, 2.75) is 0 Å². The Hall–Kier alpha value is -1.33. The van der Waals surface area contributed by atoms with E-state index in [0.29, 0.717) is 18.7 Å². The maximum atomic E-state index is 11.9. The fourth-order valence-corrected chi connectivity index (χ4v) is 2.26. The summed E-state index contributed by atoms with van der Waals surface area (Å²) >= 11 is 6.70. The topological polar surface area (TPSA) is 38.3 Å². The highest BCUT2D eigenvalue weighted by Crippen LogP contribution is 2.15. The standard InChI is InChI=1S/C15H13Br2NO2/c16-12-4-6-14(7-5-12)20-9-8-18-15(19)11-2-1-3-13(17)10-11/h1-7,10H,8-9H2,(H,18,19). The molecule has 2 rings (SSSR count). The highest BCUT2D eigenvalue weighted by atomic mass is 79.9. The molecule has 0 radical (unpaired) electrons. The van der Waals surface area contributed by atoms with Crippen LogP contribution >= 0.6 is 31.9 Å². The number of benzene rings is 2. The van der Waals surface area contributed by atoms with E-state index in [-0.39, 0.29) is 5.91 Å². The van der Waals surface area contributed by atoms with Gasteiger partial charge >= 0.3 is 0 Å². The maximum Gasteiger partial charge on any atom is 0.251 e. The Balaban J connectivity index is 1.76. The lowest BCUT2D eigenvalue weighted by molar-refractivity contribution is 0.0947. The third kappa shape index (κ3) is 4.65. The summed E-state index contributed by atoms with van der Waals surface area (Å²) in [5.74, 6) is 0.676. The zero-order valence-electron chi connectivity index (χ0n) is 10.6. The second-order valence-corrected chi connectivity index (χ2v) is 5.90. The lowest BCUT2D eigenvalue weighted by Gasteiger charge is -2.08. The van der Waals surface area contributed by atoms with Gasteiger partial charge in [-0.25, -0.2) is 0 Å². The van der Waals surface area contributed by atoms with E-state index in [0.717, 1.165) is 14.7 Å². The summed E-state index contributed by atoms with van der Waals surface area (Å²) in [6.07, 6.45) is 0. The van der Waals surface area contributed by atoms with Crippen LogP contribution in [0, 0.1) is 0 Å². The molecular formula is C15H13Br2NO2. The fourth-order valence-electron chi connectivity index (χ4n) is 1.60. The first-order chi connectivity index (χ1) is 9.65. The Labute approximate surface area is 134 Å². The van der Waals surface area contributed by atoms with Crippen molar-refractivity contribution in [2.24, 2.45) is 0 Å². The van der Waals surface area contributed by atoms with Gasteiger partial charge in [-0.15, -0.1) is 0 Å². The van der Waals surface area contributed by atoms with Crippen molar-refractivity contribution in [2.75, 3.05) is 13.2 Å². The van der Waals surface area contributed by atoms with Crippen LogP contribution in [-0.4, -0.2) is 19.1 Å². The Morgan fingerprint density at radius 1 is 1.05 bits per heavy atom. The Morgan fingerprint density at radius 3 is 2.50 bits per heavy atom. The van der Waals surface area contributed by atoms with Gasteiger partial charge in [0.05, 0.1) is 6.54 Å². The highest BCUT2D eigenvalue weighted by Gasteiger charge is 2.04. The summed E-state index contributed by atoms with van der Waals surface area (Å²) < 4.78 is 7.42. The quantitative estimate of drug-likeness (QED) is 0.772. The van der Waals surface area contributed by atoms with E-state index in [2.05, 4.69) is 37.2 Å². The number of ether oxygens (including phenoxy) is 1. The van der Waals surface area contributed by atoms with Gasteiger partial charge in [-0.1, -0.05) is 37.9 Å². The molecule has 0 aromatic heterocycles. The minimum atomic E-state index is -0.106. The van der Waals surface area contributed by atoms with Gasteiger partial charge in [-0.05, 0) is 42.5 Å². The van der Waals surface area contributed by atoms with Gasteiger partial charge in [-0.2, -0.15) is 0 Å². The molecule has 1 amide bonds. The second kappa shape index (κ2) is 7.45. The van der Waals surface area contributed by atoms with Crippen LogP contribution in [0.1, 0.15) is 10.4 Å². The minimum Gasteiger partial charge on any atom is -0.492 e. The molecule has 0 bridgehead atoms. The van der Waals surface area contributed by atoms with E-state index in [4.69, 9.17) is 4.74 Å². The molecular weight excluding hydrogens is 386 g/mol. The molecule has 0 saturated heterocycles. The van der Waals surface area contributed by atoms with Crippen molar-refractivity contribution >= 4 is 37.8 Å². The number of halogens is 2. The predicted octanol–water partition coefficient (Wildman–Crippen LogP) is 4.02. The van der Waals surface area contributed by atoms with Crippen molar-refractivity contribution in [1.29, 1.82) is 0 Å². The van der Waals surface area contributed by atoms with E-state index < -0.39 is 0 Å². The Kier molecular flexibility index (Phi) is 5.61. The maximum absolute atomic E-state index is 11.9. The third-order valence-corrected chi connectivity index (χ3v) is 3.58. The van der Waals surface area contributed by atoms with E-state index in [1.807, 2.05) is 36.4 Å². The number of carbonyl (C=O) groups excluding carboxylic acids is 1. The van der Waals surface area contributed by atoms with Crippen molar-refractivity contribution in [3.8, 4) is 5.75 Å². The molecule has 0 aliphatic heterocycles. The van der Waals surface area contributed by atoms with E-state index in [1.165, 1.54) is 0 Å². The summed E-state index contributed by atoms with van der Waals surface area (Å²) in [5, 5.41) is 2.81. The fraction of sp³-hybridized carbons (Fsp3) is 0.133. The minimum absolute atomic E-state index is 0.106. The first-order valence-corrected chi connectivity index (χ1v) is 7.66. The predicted molar refractivity (Wildman–Crippen MR) is 86.1 cm³/mol. The molecule has 104 valence electrons. The molecule has 2 aromatic carbocycles. The van der Waals surface area contributed by atoms with Crippen LogP contribution in [0.5, 0.6) is 5.75 Å². The van der Waals surface area contributed by atoms with Crippen LogP contribution < -0.4 is 10.1 Å². The second-order valence-electron chi connectivity index (χ2n) is 4.07. The van der Waals surface area contributed by atoms with Crippen LogP contribution in [0.4, 0.5) is 0 Å². The molecule has 2 aromatic rings. The summed E-state index contributed by atoms with van der Waals surface area (Å²) in [6, 6.07) is 14.8. The normalized spacial score (nSPS) is 10.1. The Morgan fingerprint density at radius 2 is 1.80 bits per heavy atom. The monoisotopic (exact) mass is 397 g/mol. The molecule has 0 spiro atoms. The van der Waals surface area contributed by atoms with Gasteiger partial charge in [0.2, 0.25) is 0 Å². The average Bonchev–Trinajstić information content (AvgIpc) is 2.45. The van der Waals surface area contributed by atoms with Crippen LogP contribution in [-0.2, 0) is 0 Å². The third-order valence-electron chi connectivity index (χ3n) is 2.56. The van der Waals surface area contributed by atoms with E-state index in [1.54, 1.807) is 12.1 Å². The molecule has 0 aliphatic rings. The van der Waals surface area contributed by atoms with E-state index >= 15 is 0 Å². The van der Waals surface area contributed by atoms with Gasteiger partial charge in [0.1, 0.15) is 12.4 Å². The van der Waals surface area contributed by atoms with Crippen molar-refractivity contribution < 1.29 is 9.53 Å².